The number of nitrogens with zero attached hydrogens (tertiary/aromatic N) is 1. The van der Waals surface area contributed by atoms with E-state index in [9.17, 15) is 14.0 Å². The highest BCUT2D eigenvalue weighted by Crippen LogP contribution is 2.22. The van der Waals surface area contributed by atoms with Gasteiger partial charge in [-0.3, -0.25) is 9.59 Å². The summed E-state index contributed by atoms with van der Waals surface area (Å²) in [5.41, 5.74) is -0.103. The Morgan fingerprint density at radius 1 is 1.28 bits per heavy atom. The van der Waals surface area contributed by atoms with Gasteiger partial charge in [0.25, 0.3) is 5.91 Å². The van der Waals surface area contributed by atoms with Crippen LogP contribution in [0.15, 0.2) is 18.2 Å². The number of amides is 1. The van der Waals surface area contributed by atoms with Crippen LogP contribution in [0.3, 0.4) is 0 Å². The highest BCUT2D eigenvalue weighted by atomic mass is 35.5. The topological polar surface area (TPSA) is 37.4 Å². The van der Waals surface area contributed by atoms with Gasteiger partial charge in [0.15, 0.2) is 0 Å². The van der Waals surface area contributed by atoms with E-state index < -0.39 is 11.7 Å². The summed E-state index contributed by atoms with van der Waals surface area (Å²) in [6.07, 6.45) is 1.43. The number of carbonyl (C=O) groups is 2. The number of rotatable bonds is 1. The van der Waals surface area contributed by atoms with Crippen LogP contribution in [0.4, 0.5) is 4.39 Å². The normalized spacial score (nSPS) is 16.6. The van der Waals surface area contributed by atoms with Gasteiger partial charge in [0, 0.05) is 25.9 Å². The fraction of sp³-hybridized carbons (Fsp3) is 0.385. The van der Waals surface area contributed by atoms with Crippen molar-refractivity contribution in [3.8, 4) is 0 Å². The molecule has 18 heavy (non-hydrogen) atoms. The number of benzene rings is 1. The first-order valence-electron chi connectivity index (χ1n) is 5.84. The van der Waals surface area contributed by atoms with E-state index >= 15 is 0 Å². The van der Waals surface area contributed by atoms with E-state index in [0.29, 0.717) is 32.4 Å². The third kappa shape index (κ3) is 2.70. The maximum atomic E-state index is 13.6. The molecule has 1 heterocycles. The molecule has 0 aromatic heterocycles. The van der Waals surface area contributed by atoms with Crippen LogP contribution in [0.5, 0.6) is 0 Å². The standard InChI is InChI=1S/C13H13ClFNO2/c14-10-4-1-5-11(15)12(10)13(18)16-7-2-3-9(17)6-8-16/h1,4-5H,2-3,6-8H2. The van der Waals surface area contributed by atoms with E-state index in [1.54, 1.807) is 0 Å². The first kappa shape index (κ1) is 13.0. The van der Waals surface area contributed by atoms with Gasteiger partial charge in [-0.05, 0) is 18.6 Å². The molecule has 0 radical (unpaired) electrons. The number of likely N-dealkylation sites (tertiary alicyclic amines) is 1. The lowest BCUT2D eigenvalue weighted by molar-refractivity contribution is -0.118. The Labute approximate surface area is 110 Å². The molecular weight excluding hydrogens is 257 g/mol. The summed E-state index contributed by atoms with van der Waals surface area (Å²) in [5, 5.41) is 0.107. The smallest absolute Gasteiger partial charge is 0.258 e. The SMILES string of the molecule is O=C1CCCN(C(=O)c2c(F)cccc2Cl)CC1. The van der Waals surface area contributed by atoms with E-state index in [-0.39, 0.29) is 16.4 Å². The molecule has 1 amide bonds. The van der Waals surface area contributed by atoms with Crippen molar-refractivity contribution in [1.82, 2.24) is 4.90 Å². The number of halogens is 2. The summed E-state index contributed by atoms with van der Waals surface area (Å²) < 4.78 is 13.6. The largest absolute Gasteiger partial charge is 0.338 e. The van der Waals surface area contributed by atoms with Crippen molar-refractivity contribution < 1.29 is 14.0 Å². The minimum absolute atomic E-state index is 0.103. The molecule has 2 rings (SSSR count). The Bertz CT molecular complexity index is 470. The second-order valence-electron chi connectivity index (χ2n) is 4.28. The summed E-state index contributed by atoms with van der Waals surface area (Å²) in [6, 6.07) is 4.16. The molecule has 0 bridgehead atoms. The van der Waals surface area contributed by atoms with E-state index in [0.717, 1.165) is 0 Å². The van der Waals surface area contributed by atoms with Crippen molar-refractivity contribution >= 4 is 23.3 Å². The Balaban J connectivity index is 2.23. The number of carbonyl (C=O) groups excluding carboxylic acids is 2. The zero-order valence-electron chi connectivity index (χ0n) is 9.79. The molecule has 0 spiro atoms. The predicted molar refractivity (Wildman–Crippen MR) is 66.2 cm³/mol. The maximum Gasteiger partial charge on any atom is 0.258 e. The van der Waals surface area contributed by atoms with Crippen LogP contribution in [0.25, 0.3) is 0 Å². The van der Waals surface area contributed by atoms with E-state index in [1.165, 1.54) is 23.1 Å². The third-order valence-corrected chi connectivity index (χ3v) is 3.32. The quantitative estimate of drug-likeness (QED) is 0.786. The van der Waals surface area contributed by atoms with Crippen molar-refractivity contribution in [2.24, 2.45) is 0 Å². The van der Waals surface area contributed by atoms with Gasteiger partial charge in [-0.2, -0.15) is 0 Å². The summed E-state index contributed by atoms with van der Waals surface area (Å²) >= 11 is 5.86. The van der Waals surface area contributed by atoms with Crippen molar-refractivity contribution in [1.29, 1.82) is 0 Å². The van der Waals surface area contributed by atoms with Crippen molar-refractivity contribution in [3.63, 3.8) is 0 Å². The Kier molecular flexibility index (Phi) is 3.97. The fourth-order valence-electron chi connectivity index (χ4n) is 2.03. The van der Waals surface area contributed by atoms with Crippen LogP contribution in [-0.4, -0.2) is 29.7 Å². The minimum atomic E-state index is -0.622. The van der Waals surface area contributed by atoms with Gasteiger partial charge in [-0.25, -0.2) is 4.39 Å². The van der Waals surface area contributed by atoms with Gasteiger partial charge in [-0.1, -0.05) is 17.7 Å². The van der Waals surface area contributed by atoms with Crippen molar-refractivity contribution in [2.45, 2.75) is 19.3 Å². The first-order chi connectivity index (χ1) is 8.59. The van der Waals surface area contributed by atoms with Crippen LogP contribution in [0.2, 0.25) is 5.02 Å². The molecule has 0 unspecified atom stereocenters. The summed E-state index contributed by atoms with van der Waals surface area (Å²) in [6.45, 7) is 0.803. The van der Waals surface area contributed by atoms with Crippen molar-refractivity contribution in [3.05, 3.63) is 34.6 Å². The molecule has 0 saturated carbocycles. The highest BCUT2D eigenvalue weighted by Gasteiger charge is 2.24. The van der Waals surface area contributed by atoms with E-state index in [2.05, 4.69) is 0 Å². The first-order valence-corrected chi connectivity index (χ1v) is 6.22. The van der Waals surface area contributed by atoms with Crippen LogP contribution in [-0.2, 0) is 4.79 Å². The zero-order chi connectivity index (χ0) is 13.1. The number of Topliss-reactive ketones (excluding diaryl/α,β-unsaturated/α-hetero) is 1. The molecule has 96 valence electrons. The van der Waals surface area contributed by atoms with E-state index in [1.807, 2.05) is 0 Å². The van der Waals surface area contributed by atoms with Gasteiger partial charge >= 0.3 is 0 Å². The molecule has 1 aromatic carbocycles. The second-order valence-corrected chi connectivity index (χ2v) is 4.69. The van der Waals surface area contributed by atoms with Crippen molar-refractivity contribution in [2.75, 3.05) is 13.1 Å². The van der Waals surface area contributed by atoms with E-state index in [4.69, 9.17) is 11.6 Å². The minimum Gasteiger partial charge on any atom is -0.338 e. The van der Waals surface area contributed by atoms with Crippen LogP contribution in [0.1, 0.15) is 29.6 Å². The number of hydrogen-bond donors (Lipinski definition) is 0. The summed E-state index contributed by atoms with van der Waals surface area (Å²) in [5.74, 6) is -0.916. The lowest BCUT2D eigenvalue weighted by Gasteiger charge is -2.20. The number of ketones is 1. The molecule has 1 aliphatic rings. The van der Waals surface area contributed by atoms with Gasteiger partial charge in [0.1, 0.15) is 11.6 Å². The molecule has 1 saturated heterocycles. The average Bonchev–Trinajstić information content (AvgIpc) is 2.53. The van der Waals surface area contributed by atoms with Gasteiger partial charge in [-0.15, -0.1) is 0 Å². The molecule has 3 nitrogen and oxygen atoms in total. The lowest BCUT2D eigenvalue weighted by atomic mass is 10.1. The molecule has 0 atom stereocenters. The van der Waals surface area contributed by atoms with Gasteiger partial charge in [0.05, 0.1) is 10.6 Å². The Morgan fingerprint density at radius 2 is 2.06 bits per heavy atom. The Morgan fingerprint density at radius 3 is 2.78 bits per heavy atom. The molecule has 1 aromatic rings. The van der Waals surface area contributed by atoms with Crippen LogP contribution >= 0.6 is 11.6 Å². The zero-order valence-corrected chi connectivity index (χ0v) is 10.5. The number of hydrogen-bond acceptors (Lipinski definition) is 2. The van der Waals surface area contributed by atoms with Crippen LogP contribution in [0, 0.1) is 5.82 Å². The maximum absolute atomic E-state index is 13.6. The van der Waals surface area contributed by atoms with Crippen LogP contribution < -0.4 is 0 Å². The predicted octanol–water partition coefficient (Wildman–Crippen LogP) is 2.67. The molecule has 1 fully saturated rings. The highest BCUT2D eigenvalue weighted by molar-refractivity contribution is 6.33. The fourth-order valence-corrected chi connectivity index (χ4v) is 2.27. The molecule has 0 N–H and O–H groups in total. The van der Waals surface area contributed by atoms with Gasteiger partial charge in [0.2, 0.25) is 0 Å². The molecule has 1 aliphatic heterocycles. The van der Waals surface area contributed by atoms with Gasteiger partial charge < -0.3 is 4.90 Å². The monoisotopic (exact) mass is 269 g/mol. The second kappa shape index (κ2) is 5.48. The molecule has 5 heteroatoms. The molecular formula is C13H13ClFNO2. The Hall–Kier alpha value is -1.42. The lowest BCUT2D eigenvalue weighted by Crippen LogP contribution is -2.32. The summed E-state index contributed by atoms with van der Waals surface area (Å²) in [7, 11) is 0. The average molecular weight is 270 g/mol. The summed E-state index contributed by atoms with van der Waals surface area (Å²) in [4.78, 5) is 25.0. The third-order valence-electron chi connectivity index (χ3n) is 3.01. The molecule has 0 aliphatic carbocycles.